The highest BCUT2D eigenvalue weighted by atomic mass is 32.2. The van der Waals surface area contributed by atoms with Gasteiger partial charge in [0.15, 0.2) is 0 Å². The molecule has 10 heteroatoms. The van der Waals surface area contributed by atoms with Crippen molar-refractivity contribution in [3.8, 4) is 0 Å². The Bertz CT molecular complexity index is 1180. The zero-order valence-corrected chi connectivity index (χ0v) is 23.8. The molecule has 1 aromatic heterocycles. The van der Waals surface area contributed by atoms with Gasteiger partial charge >= 0.3 is 0 Å². The van der Waals surface area contributed by atoms with E-state index in [0.29, 0.717) is 35.3 Å². The van der Waals surface area contributed by atoms with Crippen LogP contribution in [-0.2, 0) is 23.0 Å². The lowest BCUT2D eigenvalue weighted by molar-refractivity contribution is 0.0827. The van der Waals surface area contributed by atoms with E-state index in [1.807, 2.05) is 13.8 Å². The number of hydrogen-bond acceptors (Lipinski definition) is 6. The molecule has 1 aromatic carbocycles. The Balaban J connectivity index is 1.87. The number of carbonyl (C=O) groups excluding carboxylic acids is 2. The van der Waals surface area contributed by atoms with Gasteiger partial charge in [-0.15, -0.1) is 11.3 Å². The smallest absolute Gasteiger partial charge is 0.256 e. The zero-order valence-electron chi connectivity index (χ0n) is 22.1. The number of thiophene rings is 1. The van der Waals surface area contributed by atoms with Gasteiger partial charge < -0.3 is 10.2 Å². The minimum absolute atomic E-state index is 0.130. The number of nitrogens with one attached hydrogen (secondary N) is 1. The van der Waals surface area contributed by atoms with Gasteiger partial charge in [0.25, 0.3) is 11.8 Å². The summed E-state index contributed by atoms with van der Waals surface area (Å²) >= 11 is 1.45. The molecule has 1 aliphatic rings. The number of sulfonamides is 1. The highest BCUT2D eigenvalue weighted by Crippen LogP contribution is 2.38. The fourth-order valence-electron chi connectivity index (χ4n) is 4.36. The van der Waals surface area contributed by atoms with Gasteiger partial charge in [0, 0.05) is 56.8 Å². The Kier molecular flexibility index (Phi) is 9.32. The van der Waals surface area contributed by atoms with Crippen LogP contribution in [0.25, 0.3) is 0 Å². The van der Waals surface area contributed by atoms with E-state index < -0.39 is 10.0 Å². The molecule has 198 valence electrons. The Hall–Kier alpha value is -2.27. The van der Waals surface area contributed by atoms with Crippen LogP contribution in [0.3, 0.4) is 0 Å². The summed E-state index contributed by atoms with van der Waals surface area (Å²) < 4.78 is 27.6. The molecule has 1 N–H and O–H groups in total. The van der Waals surface area contributed by atoms with Crippen LogP contribution >= 0.6 is 11.3 Å². The molecule has 0 atom stereocenters. The molecule has 0 fully saturated rings. The Morgan fingerprint density at radius 3 is 2.22 bits per heavy atom. The van der Waals surface area contributed by atoms with Crippen LogP contribution in [0.1, 0.15) is 71.7 Å². The highest BCUT2D eigenvalue weighted by molar-refractivity contribution is 7.89. The molecular weight excluding hydrogens is 496 g/mol. The second-order valence-corrected chi connectivity index (χ2v) is 12.6. The van der Waals surface area contributed by atoms with Crippen LogP contribution in [0.2, 0.25) is 0 Å². The molecule has 0 aliphatic carbocycles. The Labute approximate surface area is 219 Å². The number of carbonyl (C=O) groups is 2. The molecule has 0 unspecified atom stereocenters. The van der Waals surface area contributed by atoms with Crippen LogP contribution in [0, 0.1) is 0 Å². The fourth-order valence-corrected chi connectivity index (χ4v) is 7.24. The molecule has 8 nitrogen and oxygen atoms in total. The van der Waals surface area contributed by atoms with E-state index in [9.17, 15) is 18.0 Å². The van der Waals surface area contributed by atoms with Gasteiger partial charge in [-0.05, 0) is 62.9 Å². The summed E-state index contributed by atoms with van der Waals surface area (Å²) in [6, 6.07) is 6.41. The number of rotatable bonds is 10. The first kappa shape index (κ1) is 28.3. The van der Waals surface area contributed by atoms with Crippen LogP contribution < -0.4 is 5.32 Å². The second-order valence-electron chi connectivity index (χ2n) is 9.60. The Morgan fingerprint density at radius 2 is 1.69 bits per heavy atom. The van der Waals surface area contributed by atoms with E-state index in [1.54, 1.807) is 14.1 Å². The summed E-state index contributed by atoms with van der Waals surface area (Å²) in [6.45, 7) is 10.7. The summed E-state index contributed by atoms with van der Waals surface area (Å²) in [6.07, 6.45) is 2.22. The standard InChI is InChI=1S/C26H38N4O4S2/c1-7-14-30(15-8-2)36(33,34)20-11-9-19(10-12-20)24(31)27-25-23(26(32)28(5)6)21-13-16-29(18(3)4)17-22(21)35-25/h9-12,18H,7-8,13-17H2,1-6H3,(H,27,31). The minimum atomic E-state index is -3.62. The maximum Gasteiger partial charge on any atom is 0.256 e. The third-order valence-corrected chi connectivity index (χ3v) is 9.41. The van der Waals surface area contributed by atoms with Gasteiger partial charge in [0.2, 0.25) is 10.0 Å². The highest BCUT2D eigenvalue weighted by Gasteiger charge is 2.30. The molecule has 1 aliphatic heterocycles. The van der Waals surface area contributed by atoms with Crippen molar-refractivity contribution in [1.82, 2.24) is 14.1 Å². The number of anilines is 1. The maximum atomic E-state index is 13.1. The third-order valence-electron chi connectivity index (χ3n) is 6.36. The van der Waals surface area contributed by atoms with Crippen molar-refractivity contribution >= 4 is 38.2 Å². The van der Waals surface area contributed by atoms with Crippen molar-refractivity contribution in [3.05, 3.63) is 45.8 Å². The molecule has 0 spiro atoms. The molecule has 36 heavy (non-hydrogen) atoms. The predicted molar refractivity (Wildman–Crippen MR) is 145 cm³/mol. The van der Waals surface area contributed by atoms with Crippen molar-refractivity contribution in [1.29, 1.82) is 0 Å². The third kappa shape index (κ3) is 5.99. The van der Waals surface area contributed by atoms with Gasteiger partial charge in [0.05, 0.1) is 10.5 Å². The van der Waals surface area contributed by atoms with Crippen LogP contribution in [0.5, 0.6) is 0 Å². The quantitative estimate of drug-likeness (QED) is 0.491. The first-order valence-electron chi connectivity index (χ1n) is 12.5. The lowest BCUT2D eigenvalue weighted by atomic mass is 10.0. The van der Waals surface area contributed by atoms with Crippen LogP contribution in [0.15, 0.2) is 29.2 Å². The summed E-state index contributed by atoms with van der Waals surface area (Å²) in [5.74, 6) is -0.501. The van der Waals surface area contributed by atoms with E-state index in [1.165, 1.54) is 44.8 Å². The summed E-state index contributed by atoms with van der Waals surface area (Å²) in [5.41, 5.74) is 1.91. The van der Waals surface area contributed by atoms with E-state index in [-0.39, 0.29) is 16.7 Å². The van der Waals surface area contributed by atoms with Gasteiger partial charge in [-0.25, -0.2) is 8.42 Å². The average molecular weight is 535 g/mol. The molecule has 0 radical (unpaired) electrons. The molecular formula is C26H38N4O4S2. The normalized spacial score (nSPS) is 14.2. The van der Waals surface area contributed by atoms with Crippen molar-refractivity contribution in [2.75, 3.05) is 39.0 Å². The monoisotopic (exact) mass is 534 g/mol. The van der Waals surface area contributed by atoms with E-state index in [2.05, 4.69) is 24.1 Å². The van der Waals surface area contributed by atoms with Crippen LogP contribution in [-0.4, -0.2) is 74.1 Å². The Morgan fingerprint density at radius 1 is 1.08 bits per heavy atom. The second kappa shape index (κ2) is 11.9. The molecule has 0 saturated carbocycles. The van der Waals surface area contributed by atoms with Gasteiger partial charge in [-0.1, -0.05) is 13.8 Å². The summed E-state index contributed by atoms with van der Waals surface area (Å²) in [4.78, 5) is 31.4. The van der Waals surface area contributed by atoms with Crippen molar-refractivity contribution in [2.45, 2.75) is 64.4 Å². The number of fused-ring (bicyclic) bond motifs is 1. The SMILES string of the molecule is CCCN(CCC)S(=O)(=O)c1ccc(C(=O)Nc2sc3c(c2C(=O)N(C)C)CCN(C(C)C)C3)cc1. The first-order valence-corrected chi connectivity index (χ1v) is 14.8. The number of nitrogens with zero attached hydrogens (tertiary/aromatic N) is 3. The fraction of sp³-hybridized carbons (Fsp3) is 0.538. The van der Waals surface area contributed by atoms with E-state index >= 15 is 0 Å². The van der Waals surface area contributed by atoms with Gasteiger partial charge in [0.1, 0.15) is 5.00 Å². The lowest BCUT2D eigenvalue weighted by Crippen LogP contribution is -2.36. The van der Waals surface area contributed by atoms with Gasteiger partial charge in [-0.2, -0.15) is 4.31 Å². The van der Waals surface area contributed by atoms with E-state index in [4.69, 9.17) is 0 Å². The van der Waals surface area contributed by atoms with Gasteiger partial charge in [-0.3, -0.25) is 14.5 Å². The summed E-state index contributed by atoms with van der Waals surface area (Å²) in [5, 5.41) is 3.48. The molecule has 0 bridgehead atoms. The number of amides is 2. The predicted octanol–water partition coefficient (Wildman–Crippen LogP) is 4.28. The molecule has 2 amide bonds. The zero-order chi connectivity index (χ0) is 26.6. The maximum absolute atomic E-state index is 13.1. The van der Waals surface area contributed by atoms with Crippen molar-refractivity contribution in [3.63, 3.8) is 0 Å². The average Bonchev–Trinajstić information content (AvgIpc) is 3.20. The van der Waals surface area contributed by atoms with Crippen molar-refractivity contribution in [2.24, 2.45) is 0 Å². The largest absolute Gasteiger partial charge is 0.345 e. The lowest BCUT2D eigenvalue weighted by Gasteiger charge is -2.30. The topological polar surface area (TPSA) is 90.0 Å². The first-order chi connectivity index (χ1) is 17.0. The van der Waals surface area contributed by atoms with Crippen LogP contribution in [0.4, 0.5) is 5.00 Å². The van der Waals surface area contributed by atoms with E-state index in [0.717, 1.165) is 42.8 Å². The summed E-state index contributed by atoms with van der Waals surface area (Å²) in [7, 11) is -0.202. The van der Waals surface area contributed by atoms with Crippen molar-refractivity contribution < 1.29 is 18.0 Å². The molecule has 2 heterocycles. The number of benzene rings is 1. The molecule has 2 aromatic rings. The minimum Gasteiger partial charge on any atom is -0.345 e. The molecule has 0 saturated heterocycles. The molecule has 3 rings (SSSR count). The number of hydrogen-bond donors (Lipinski definition) is 1.